The van der Waals surface area contributed by atoms with E-state index >= 15 is 0 Å². The zero-order chi connectivity index (χ0) is 13.3. The van der Waals surface area contributed by atoms with Crippen molar-refractivity contribution in [1.82, 2.24) is 0 Å². The number of hydrogen-bond donors (Lipinski definition) is 1. The van der Waals surface area contributed by atoms with Gasteiger partial charge in [0.1, 0.15) is 4.75 Å². The molecule has 1 aromatic carbocycles. The minimum Gasteiger partial charge on any atom is -0.480 e. The Bertz CT molecular complexity index is 458. The fraction of sp³-hybridized carbons (Fsp3) is 0.533. The van der Waals surface area contributed by atoms with Crippen molar-refractivity contribution in [1.29, 1.82) is 0 Å². The van der Waals surface area contributed by atoms with Crippen LogP contribution < -0.4 is 0 Å². The van der Waals surface area contributed by atoms with Crippen LogP contribution in [0.5, 0.6) is 0 Å². The van der Waals surface area contributed by atoms with Gasteiger partial charge in [0.15, 0.2) is 0 Å². The van der Waals surface area contributed by atoms with Crippen LogP contribution in [0.25, 0.3) is 0 Å². The molecule has 4 heteroatoms. The van der Waals surface area contributed by atoms with Crippen LogP contribution in [0.4, 0.5) is 0 Å². The molecule has 1 heterocycles. The molecule has 1 saturated heterocycles. The molecule has 3 rings (SSSR count). The lowest BCUT2D eigenvalue weighted by molar-refractivity contribution is -0.150. The molecule has 0 atom stereocenters. The Hall–Kier alpha value is -1.00. The highest BCUT2D eigenvalue weighted by Gasteiger charge is 2.59. The highest BCUT2D eigenvalue weighted by atomic mass is 32.2. The van der Waals surface area contributed by atoms with Crippen molar-refractivity contribution in [3.8, 4) is 0 Å². The summed E-state index contributed by atoms with van der Waals surface area (Å²) in [4.78, 5) is 12.7. The Morgan fingerprint density at radius 1 is 1.16 bits per heavy atom. The van der Waals surface area contributed by atoms with Crippen molar-refractivity contribution >= 4 is 17.7 Å². The zero-order valence-electron chi connectivity index (χ0n) is 10.8. The normalized spacial score (nSPS) is 23.8. The van der Waals surface area contributed by atoms with Crippen LogP contribution in [0.15, 0.2) is 35.2 Å². The minimum absolute atomic E-state index is 0.221. The molecule has 19 heavy (non-hydrogen) atoms. The first-order chi connectivity index (χ1) is 9.14. The monoisotopic (exact) mass is 278 g/mol. The van der Waals surface area contributed by atoms with Gasteiger partial charge in [-0.15, -0.1) is 11.8 Å². The molecule has 0 unspecified atom stereocenters. The summed E-state index contributed by atoms with van der Waals surface area (Å²) in [5.74, 6) is -0.668. The molecular weight excluding hydrogens is 260 g/mol. The Balaban J connectivity index is 1.74. The minimum atomic E-state index is -0.668. The molecule has 1 saturated carbocycles. The Kier molecular flexibility index (Phi) is 3.31. The van der Waals surface area contributed by atoms with Crippen LogP contribution in [0.1, 0.15) is 25.7 Å². The topological polar surface area (TPSA) is 46.5 Å². The van der Waals surface area contributed by atoms with E-state index in [2.05, 4.69) is 0 Å². The molecule has 0 radical (unpaired) electrons. The SMILES string of the molecule is O=C(O)C1(Sc2ccccc2)CC2(CCOCC2)C1. The van der Waals surface area contributed by atoms with Gasteiger partial charge in [0, 0.05) is 18.1 Å². The van der Waals surface area contributed by atoms with Crippen LogP contribution in [-0.2, 0) is 9.53 Å². The van der Waals surface area contributed by atoms with Gasteiger partial charge in [-0.25, -0.2) is 0 Å². The maximum absolute atomic E-state index is 11.7. The molecule has 1 aliphatic carbocycles. The summed E-state index contributed by atoms with van der Waals surface area (Å²) in [5, 5.41) is 9.61. The Morgan fingerprint density at radius 3 is 2.37 bits per heavy atom. The summed E-state index contributed by atoms with van der Waals surface area (Å²) >= 11 is 1.51. The molecule has 0 aromatic heterocycles. The van der Waals surface area contributed by atoms with Crippen molar-refractivity contribution in [2.45, 2.75) is 35.3 Å². The number of carboxylic acid groups (broad SMARTS) is 1. The lowest BCUT2D eigenvalue weighted by Crippen LogP contribution is -2.56. The number of rotatable bonds is 3. The summed E-state index contributed by atoms with van der Waals surface area (Å²) in [6, 6.07) is 9.86. The number of aliphatic carboxylic acids is 1. The first kappa shape index (κ1) is 13.0. The van der Waals surface area contributed by atoms with Crippen LogP contribution in [0.2, 0.25) is 0 Å². The fourth-order valence-corrected chi connectivity index (χ4v) is 4.89. The highest BCUT2D eigenvalue weighted by Crippen LogP contribution is 2.61. The molecule has 3 nitrogen and oxygen atoms in total. The van der Waals surface area contributed by atoms with E-state index in [0.29, 0.717) is 0 Å². The van der Waals surface area contributed by atoms with Crippen molar-refractivity contribution in [3.05, 3.63) is 30.3 Å². The van der Waals surface area contributed by atoms with Gasteiger partial charge in [-0.1, -0.05) is 18.2 Å². The predicted molar refractivity (Wildman–Crippen MR) is 74.4 cm³/mol. The summed E-state index contributed by atoms with van der Waals surface area (Å²) in [5.41, 5.74) is 0.221. The maximum Gasteiger partial charge on any atom is 0.320 e. The van der Waals surface area contributed by atoms with Crippen LogP contribution in [0.3, 0.4) is 0 Å². The van der Waals surface area contributed by atoms with Gasteiger partial charge >= 0.3 is 5.97 Å². The molecule has 0 amide bonds. The first-order valence-corrected chi connectivity index (χ1v) is 7.51. The van der Waals surface area contributed by atoms with Gasteiger partial charge in [0.25, 0.3) is 0 Å². The quantitative estimate of drug-likeness (QED) is 0.922. The van der Waals surface area contributed by atoms with Crippen LogP contribution in [0, 0.1) is 5.41 Å². The zero-order valence-corrected chi connectivity index (χ0v) is 11.6. The number of benzene rings is 1. The van der Waals surface area contributed by atoms with Crippen molar-refractivity contribution in [3.63, 3.8) is 0 Å². The summed E-state index contributed by atoms with van der Waals surface area (Å²) < 4.78 is 4.77. The molecular formula is C15H18O3S. The number of carbonyl (C=O) groups is 1. The van der Waals surface area contributed by atoms with Crippen LogP contribution in [-0.4, -0.2) is 29.0 Å². The summed E-state index contributed by atoms with van der Waals surface area (Å²) in [6.07, 6.45) is 3.57. The van der Waals surface area contributed by atoms with E-state index < -0.39 is 10.7 Å². The summed E-state index contributed by atoms with van der Waals surface area (Å²) in [6.45, 7) is 1.57. The third kappa shape index (κ3) is 2.39. The van der Waals surface area contributed by atoms with Gasteiger partial charge in [0.05, 0.1) is 0 Å². The second kappa shape index (κ2) is 4.84. The number of carboxylic acids is 1. The second-order valence-electron chi connectivity index (χ2n) is 5.68. The third-order valence-corrected chi connectivity index (χ3v) is 5.68. The lowest BCUT2D eigenvalue weighted by atomic mass is 9.57. The fourth-order valence-electron chi connectivity index (χ4n) is 3.30. The maximum atomic E-state index is 11.7. The molecule has 2 fully saturated rings. The molecule has 1 aromatic rings. The molecule has 1 spiro atoms. The van der Waals surface area contributed by atoms with E-state index in [9.17, 15) is 9.90 Å². The van der Waals surface area contributed by atoms with Gasteiger partial charge in [-0.2, -0.15) is 0 Å². The van der Waals surface area contributed by atoms with E-state index in [1.165, 1.54) is 11.8 Å². The Morgan fingerprint density at radius 2 is 1.79 bits per heavy atom. The van der Waals surface area contributed by atoms with E-state index in [-0.39, 0.29) is 5.41 Å². The smallest absolute Gasteiger partial charge is 0.320 e. The van der Waals surface area contributed by atoms with Crippen molar-refractivity contribution < 1.29 is 14.6 Å². The van der Waals surface area contributed by atoms with Crippen LogP contribution >= 0.6 is 11.8 Å². The average molecular weight is 278 g/mol. The summed E-state index contributed by atoms with van der Waals surface area (Å²) in [7, 11) is 0. The van der Waals surface area contributed by atoms with Crippen molar-refractivity contribution in [2.75, 3.05) is 13.2 Å². The van der Waals surface area contributed by atoms with E-state index in [1.54, 1.807) is 0 Å². The first-order valence-electron chi connectivity index (χ1n) is 6.70. The van der Waals surface area contributed by atoms with E-state index in [4.69, 9.17) is 4.74 Å². The lowest BCUT2D eigenvalue weighted by Gasteiger charge is -2.55. The molecule has 0 bridgehead atoms. The van der Waals surface area contributed by atoms with Crippen molar-refractivity contribution in [2.24, 2.45) is 5.41 Å². The number of hydrogen-bond acceptors (Lipinski definition) is 3. The standard InChI is InChI=1S/C15H18O3S/c16-13(17)15(19-12-4-2-1-3-5-12)10-14(11-15)6-8-18-9-7-14/h1-5H,6-11H2,(H,16,17). The third-order valence-electron chi connectivity index (χ3n) is 4.32. The predicted octanol–water partition coefficient (Wildman–Crippen LogP) is 3.19. The van der Waals surface area contributed by atoms with Gasteiger partial charge in [0.2, 0.25) is 0 Å². The number of ether oxygens (including phenoxy) is 1. The van der Waals surface area contributed by atoms with Gasteiger partial charge in [-0.05, 0) is 43.2 Å². The molecule has 1 aliphatic heterocycles. The van der Waals surface area contributed by atoms with E-state index in [1.807, 2.05) is 30.3 Å². The molecule has 1 N–H and O–H groups in total. The second-order valence-corrected chi connectivity index (χ2v) is 7.14. The largest absolute Gasteiger partial charge is 0.480 e. The van der Waals surface area contributed by atoms with Gasteiger partial charge < -0.3 is 9.84 Å². The number of thioether (sulfide) groups is 1. The Labute approximate surface area is 117 Å². The average Bonchev–Trinajstić information content (AvgIpc) is 2.39. The highest BCUT2D eigenvalue weighted by molar-refractivity contribution is 8.01. The molecule has 2 aliphatic rings. The van der Waals surface area contributed by atoms with Gasteiger partial charge in [-0.3, -0.25) is 4.79 Å². The molecule has 102 valence electrons. The van der Waals surface area contributed by atoms with E-state index in [0.717, 1.165) is 43.8 Å².